The molecule has 0 bridgehead atoms. The average Bonchev–Trinajstić information content (AvgIpc) is 3.29. The number of para-hydroxylation sites is 1. The first-order valence-corrected chi connectivity index (χ1v) is 10.5. The Hall–Kier alpha value is -2.70. The monoisotopic (exact) mass is 423 g/mol. The number of hydrogen-bond acceptors (Lipinski definition) is 4. The first-order chi connectivity index (χ1) is 14.3. The molecule has 1 spiro atoms. The minimum absolute atomic E-state index is 0.0506. The lowest BCUT2D eigenvalue weighted by Crippen LogP contribution is -2.54. The molecular formula is C23H22ClN3O3. The molecule has 0 saturated carbocycles. The van der Waals surface area contributed by atoms with Gasteiger partial charge in [0.05, 0.1) is 17.5 Å². The lowest BCUT2D eigenvalue weighted by Gasteiger charge is -2.30. The molecule has 4 atom stereocenters. The highest BCUT2D eigenvalue weighted by atomic mass is 35.5. The van der Waals surface area contributed by atoms with E-state index in [0.717, 1.165) is 11.1 Å². The van der Waals surface area contributed by atoms with Crippen LogP contribution in [0.3, 0.4) is 0 Å². The summed E-state index contributed by atoms with van der Waals surface area (Å²) in [5, 5.41) is 6.78. The number of aryl methyl sites for hydroxylation is 1. The highest BCUT2D eigenvalue weighted by Gasteiger charge is 2.71. The summed E-state index contributed by atoms with van der Waals surface area (Å²) in [6, 6.07) is 12.2. The van der Waals surface area contributed by atoms with Gasteiger partial charge in [-0.1, -0.05) is 49.7 Å². The van der Waals surface area contributed by atoms with E-state index >= 15 is 0 Å². The smallest absolute Gasteiger partial charge is 0.250 e. The Balaban J connectivity index is 1.71. The number of fused-ring (bicyclic) bond motifs is 4. The number of nitrogens with one attached hydrogen (secondary N) is 2. The van der Waals surface area contributed by atoms with Crippen LogP contribution in [0.2, 0.25) is 5.02 Å². The fourth-order valence-corrected chi connectivity index (χ4v) is 5.49. The summed E-state index contributed by atoms with van der Waals surface area (Å²) >= 11 is 6.18. The van der Waals surface area contributed by atoms with E-state index in [1.807, 2.05) is 45.0 Å². The molecule has 4 unspecified atom stereocenters. The number of anilines is 2. The summed E-state index contributed by atoms with van der Waals surface area (Å²) in [7, 11) is 0. The van der Waals surface area contributed by atoms with Gasteiger partial charge in [0.25, 0.3) is 0 Å². The maximum atomic E-state index is 13.8. The molecule has 2 N–H and O–H groups in total. The van der Waals surface area contributed by atoms with Crippen LogP contribution < -0.4 is 15.5 Å². The zero-order valence-corrected chi connectivity index (χ0v) is 17.7. The Morgan fingerprint density at radius 1 is 1.07 bits per heavy atom. The van der Waals surface area contributed by atoms with Gasteiger partial charge in [-0.25, -0.2) is 4.90 Å². The Kier molecular flexibility index (Phi) is 4.11. The third-order valence-electron chi connectivity index (χ3n) is 6.69. The van der Waals surface area contributed by atoms with Crippen molar-refractivity contribution in [3.63, 3.8) is 0 Å². The van der Waals surface area contributed by atoms with Crippen molar-refractivity contribution in [3.05, 3.63) is 58.6 Å². The number of benzene rings is 2. The normalized spacial score (nSPS) is 29.7. The van der Waals surface area contributed by atoms with Gasteiger partial charge in [-0.2, -0.15) is 0 Å². The van der Waals surface area contributed by atoms with Gasteiger partial charge in [-0.3, -0.25) is 19.7 Å². The quantitative estimate of drug-likeness (QED) is 0.727. The number of imide groups is 1. The molecule has 0 aromatic heterocycles. The summed E-state index contributed by atoms with van der Waals surface area (Å²) in [6.45, 7) is 5.83. The van der Waals surface area contributed by atoms with Crippen molar-refractivity contribution in [1.29, 1.82) is 0 Å². The highest BCUT2D eigenvalue weighted by molar-refractivity contribution is 6.32. The lowest BCUT2D eigenvalue weighted by molar-refractivity contribution is -0.130. The predicted octanol–water partition coefficient (Wildman–Crippen LogP) is 3.23. The topological polar surface area (TPSA) is 78.5 Å². The Labute approximate surface area is 179 Å². The van der Waals surface area contributed by atoms with Crippen LogP contribution in [0, 0.1) is 24.7 Å². The van der Waals surface area contributed by atoms with Crippen molar-refractivity contribution in [2.24, 2.45) is 17.8 Å². The minimum Gasteiger partial charge on any atom is -0.324 e. The molecule has 3 aliphatic heterocycles. The van der Waals surface area contributed by atoms with Crippen molar-refractivity contribution >= 4 is 40.7 Å². The number of carbonyl (C=O) groups is 3. The Morgan fingerprint density at radius 2 is 1.80 bits per heavy atom. The number of hydrogen-bond donors (Lipinski definition) is 2. The number of rotatable bonds is 2. The summed E-state index contributed by atoms with van der Waals surface area (Å²) < 4.78 is 0. The van der Waals surface area contributed by atoms with E-state index < -0.39 is 17.4 Å². The van der Waals surface area contributed by atoms with E-state index in [0.29, 0.717) is 16.4 Å². The van der Waals surface area contributed by atoms with Gasteiger partial charge in [0.1, 0.15) is 5.54 Å². The van der Waals surface area contributed by atoms with Crippen LogP contribution in [0.4, 0.5) is 11.4 Å². The molecule has 2 aromatic carbocycles. The van der Waals surface area contributed by atoms with Crippen molar-refractivity contribution in [3.8, 4) is 0 Å². The molecule has 30 heavy (non-hydrogen) atoms. The molecular weight excluding hydrogens is 402 g/mol. The number of amides is 3. The van der Waals surface area contributed by atoms with Gasteiger partial charge in [0.2, 0.25) is 17.7 Å². The van der Waals surface area contributed by atoms with Gasteiger partial charge in [0.15, 0.2) is 0 Å². The zero-order valence-electron chi connectivity index (χ0n) is 16.9. The molecule has 3 aliphatic rings. The van der Waals surface area contributed by atoms with Gasteiger partial charge in [0, 0.05) is 22.3 Å². The molecule has 6 nitrogen and oxygen atoms in total. The average molecular weight is 424 g/mol. The first-order valence-electron chi connectivity index (χ1n) is 10.1. The zero-order chi connectivity index (χ0) is 21.4. The van der Waals surface area contributed by atoms with E-state index in [1.54, 1.807) is 18.2 Å². The summed E-state index contributed by atoms with van der Waals surface area (Å²) in [5.41, 5.74) is 1.40. The summed E-state index contributed by atoms with van der Waals surface area (Å²) in [6.07, 6.45) is 0. The molecule has 0 aliphatic carbocycles. The van der Waals surface area contributed by atoms with Crippen LogP contribution >= 0.6 is 11.6 Å². The standard InChI is InChI=1S/C23H22ClN3O3/c1-11(2)19-17-18(23(26-19)14-6-4-5-7-15(14)25-22(23)30)21(29)27(20(17)28)16-10-13(24)9-8-12(16)3/h4-11,17-19,26H,1-3H3,(H,25,30). The van der Waals surface area contributed by atoms with Crippen LogP contribution in [-0.4, -0.2) is 23.8 Å². The molecule has 3 amide bonds. The van der Waals surface area contributed by atoms with Crippen LogP contribution in [0.1, 0.15) is 25.0 Å². The van der Waals surface area contributed by atoms with Gasteiger partial charge in [-0.15, -0.1) is 0 Å². The largest absolute Gasteiger partial charge is 0.324 e. The molecule has 3 heterocycles. The van der Waals surface area contributed by atoms with Crippen LogP contribution in [-0.2, 0) is 19.9 Å². The molecule has 5 rings (SSSR count). The van der Waals surface area contributed by atoms with Crippen molar-refractivity contribution in [2.75, 3.05) is 10.2 Å². The van der Waals surface area contributed by atoms with Crippen LogP contribution in [0.15, 0.2) is 42.5 Å². The summed E-state index contributed by atoms with van der Waals surface area (Å²) in [5.74, 6) is -2.33. The molecule has 154 valence electrons. The second-order valence-corrected chi connectivity index (χ2v) is 9.10. The van der Waals surface area contributed by atoms with Crippen molar-refractivity contribution in [1.82, 2.24) is 5.32 Å². The number of carbonyl (C=O) groups excluding carboxylic acids is 3. The van der Waals surface area contributed by atoms with Gasteiger partial charge < -0.3 is 5.32 Å². The maximum absolute atomic E-state index is 13.8. The van der Waals surface area contributed by atoms with E-state index in [2.05, 4.69) is 10.6 Å². The highest BCUT2D eigenvalue weighted by Crippen LogP contribution is 2.54. The SMILES string of the molecule is Cc1ccc(Cl)cc1N1C(=O)C2C(C(C)C)NC3(C(=O)Nc4ccccc43)C2C1=O. The molecule has 0 radical (unpaired) electrons. The van der Waals surface area contributed by atoms with Crippen LogP contribution in [0.25, 0.3) is 0 Å². The third-order valence-corrected chi connectivity index (χ3v) is 6.92. The van der Waals surface area contributed by atoms with Crippen molar-refractivity contribution < 1.29 is 14.4 Å². The van der Waals surface area contributed by atoms with Crippen molar-refractivity contribution in [2.45, 2.75) is 32.4 Å². The third kappa shape index (κ3) is 2.32. The minimum atomic E-state index is -1.26. The van der Waals surface area contributed by atoms with Crippen LogP contribution in [0.5, 0.6) is 0 Å². The predicted molar refractivity (Wildman–Crippen MR) is 114 cm³/mol. The number of nitrogens with zero attached hydrogens (tertiary/aromatic N) is 1. The Morgan fingerprint density at radius 3 is 2.53 bits per heavy atom. The maximum Gasteiger partial charge on any atom is 0.250 e. The molecule has 2 fully saturated rings. The summed E-state index contributed by atoms with van der Waals surface area (Å²) in [4.78, 5) is 42.0. The second kappa shape index (κ2) is 6.40. The van der Waals surface area contributed by atoms with Gasteiger partial charge in [-0.05, 0) is 36.6 Å². The lowest BCUT2D eigenvalue weighted by atomic mass is 9.76. The Bertz CT molecular complexity index is 1110. The van der Waals surface area contributed by atoms with E-state index in [-0.39, 0.29) is 29.7 Å². The number of halogens is 1. The van der Waals surface area contributed by atoms with E-state index in [4.69, 9.17) is 11.6 Å². The van der Waals surface area contributed by atoms with E-state index in [9.17, 15) is 14.4 Å². The molecule has 7 heteroatoms. The fraction of sp³-hybridized carbons (Fsp3) is 0.348. The van der Waals surface area contributed by atoms with E-state index in [1.165, 1.54) is 4.90 Å². The molecule has 2 aromatic rings. The first kappa shape index (κ1) is 19.3. The van der Waals surface area contributed by atoms with Gasteiger partial charge >= 0.3 is 0 Å². The fourth-order valence-electron chi connectivity index (χ4n) is 5.32. The second-order valence-electron chi connectivity index (χ2n) is 8.67. The molecule has 2 saturated heterocycles.